The van der Waals surface area contributed by atoms with Crippen LogP contribution in [0.2, 0.25) is 0 Å². The topological polar surface area (TPSA) is 3.24 Å². The molecule has 82 valence electrons. The van der Waals surface area contributed by atoms with Gasteiger partial charge in [0, 0.05) is 12.1 Å². The number of nitrogens with zero attached hydrogens (tertiary/aromatic N) is 1. The van der Waals surface area contributed by atoms with Crippen molar-refractivity contribution < 1.29 is 13.2 Å². The van der Waals surface area contributed by atoms with E-state index in [1.165, 1.54) is 0 Å². The molecule has 0 radical (unpaired) electrons. The fourth-order valence-electron chi connectivity index (χ4n) is 3.01. The summed E-state index contributed by atoms with van der Waals surface area (Å²) in [6.45, 7) is 1.45. The van der Waals surface area contributed by atoms with Gasteiger partial charge in [-0.1, -0.05) is 6.92 Å². The molecule has 2 aliphatic rings. The average molecular weight is 207 g/mol. The van der Waals surface area contributed by atoms with Crippen molar-refractivity contribution in [1.29, 1.82) is 0 Å². The van der Waals surface area contributed by atoms with Gasteiger partial charge >= 0.3 is 6.18 Å². The predicted molar refractivity (Wildman–Crippen MR) is 48.0 cm³/mol. The van der Waals surface area contributed by atoms with Crippen molar-refractivity contribution >= 4 is 0 Å². The lowest BCUT2D eigenvalue weighted by Gasteiger charge is -2.38. The van der Waals surface area contributed by atoms with Crippen molar-refractivity contribution in [2.45, 2.75) is 50.9 Å². The summed E-state index contributed by atoms with van der Waals surface area (Å²) in [5, 5.41) is 0. The average Bonchev–Trinajstić information content (AvgIpc) is 2.31. The van der Waals surface area contributed by atoms with E-state index >= 15 is 0 Å². The number of hydrogen-bond acceptors (Lipinski definition) is 1. The standard InChI is InChI=1S/C10H16F3N/c1-7-4-8-2-3-9(5-7)14(8)6-10(11,12)13/h7-9H,2-6H2,1H3. The van der Waals surface area contributed by atoms with Crippen molar-refractivity contribution in [2.75, 3.05) is 6.54 Å². The Bertz CT molecular complexity index is 200. The molecule has 2 aliphatic heterocycles. The molecule has 14 heavy (non-hydrogen) atoms. The maximum absolute atomic E-state index is 12.3. The zero-order valence-electron chi connectivity index (χ0n) is 8.35. The highest BCUT2D eigenvalue weighted by Crippen LogP contribution is 2.39. The fraction of sp³-hybridized carbons (Fsp3) is 1.00. The fourth-order valence-corrected chi connectivity index (χ4v) is 3.01. The first-order valence-corrected chi connectivity index (χ1v) is 5.28. The molecule has 0 aromatic carbocycles. The quantitative estimate of drug-likeness (QED) is 0.639. The summed E-state index contributed by atoms with van der Waals surface area (Å²) in [6.07, 6.45) is -0.198. The van der Waals surface area contributed by atoms with E-state index in [1.54, 1.807) is 4.90 Å². The summed E-state index contributed by atoms with van der Waals surface area (Å²) in [5.74, 6) is 0.608. The largest absolute Gasteiger partial charge is 0.401 e. The number of fused-ring (bicyclic) bond motifs is 2. The molecule has 2 atom stereocenters. The zero-order chi connectivity index (χ0) is 10.3. The molecule has 2 bridgehead atoms. The van der Waals surface area contributed by atoms with Crippen LogP contribution < -0.4 is 0 Å². The molecule has 4 heteroatoms. The number of halogens is 3. The van der Waals surface area contributed by atoms with E-state index in [-0.39, 0.29) is 12.1 Å². The van der Waals surface area contributed by atoms with Crippen LogP contribution in [0.25, 0.3) is 0 Å². The maximum Gasteiger partial charge on any atom is 0.401 e. The van der Waals surface area contributed by atoms with Crippen LogP contribution in [0.3, 0.4) is 0 Å². The predicted octanol–water partition coefficient (Wildman–Crippen LogP) is 2.81. The Labute approximate surface area is 82.3 Å². The van der Waals surface area contributed by atoms with Crippen molar-refractivity contribution in [3.05, 3.63) is 0 Å². The van der Waals surface area contributed by atoms with Crippen molar-refractivity contribution in [3.8, 4) is 0 Å². The smallest absolute Gasteiger partial charge is 0.289 e. The molecule has 0 spiro atoms. The van der Waals surface area contributed by atoms with Gasteiger partial charge in [-0.05, 0) is 31.6 Å². The molecule has 2 saturated heterocycles. The Balaban J connectivity index is 2.01. The van der Waals surface area contributed by atoms with E-state index in [9.17, 15) is 13.2 Å². The molecule has 1 nitrogen and oxygen atoms in total. The van der Waals surface area contributed by atoms with Gasteiger partial charge in [-0.25, -0.2) is 0 Å². The molecule has 0 aromatic heterocycles. The van der Waals surface area contributed by atoms with Gasteiger partial charge in [-0.15, -0.1) is 0 Å². The van der Waals surface area contributed by atoms with Crippen LogP contribution in [0.4, 0.5) is 13.2 Å². The molecule has 2 heterocycles. The van der Waals surface area contributed by atoms with Gasteiger partial charge in [0.05, 0.1) is 6.54 Å². The van der Waals surface area contributed by atoms with Gasteiger partial charge in [-0.2, -0.15) is 13.2 Å². The molecule has 0 aromatic rings. The second kappa shape index (κ2) is 3.40. The second-order valence-corrected chi connectivity index (χ2v) is 4.75. The lowest BCUT2D eigenvalue weighted by atomic mass is 9.92. The number of rotatable bonds is 1. The highest BCUT2D eigenvalue weighted by atomic mass is 19.4. The van der Waals surface area contributed by atoms with E-state index in [1.807, 2.05) is 0 Å². The maximum atomic E-state index is 12.3. The summed E-state index contributed by atoms with van der Waals surface area (Å²) in [7, 11) is 0. The first-order valence-electron chi connectivity index (χ1n) is 5.28. The van der Waals surface area contributed by atoms with E-state index in [0.29, 0.717) is 5.92 Å². The third kappa shape index (κ3) is 2.05. The molecule has 0 amide bonds. The molecule has 0 saturated carbocycles. The van der Waals surface area contributed by atoms with Crippen molar-refractivity contribution in [3.63, 3.8) is 0 Å². The SMILES string of the molecule is CC1CC2CCC(C1)N2CC(F)(F)F. The van der Waals surface area contributed by atoms with Gasteiger partial charge in [0.1, 0.15) is 0 Å². The zero-order valence-corrected chi connectivity index (χ0v) is 8.35. The summed E-state index contributed by atoms with van der Waals surface area (Å²) in [6, 6.07) is 0.399. The van der Waals surface area contributed by atoms with E-state index in [4.69, 9.17) is 0 Å². The van der Waals surface area contributed by atoms with Crippen LogP contribution in [0.5, 0.6) is 0 Å². The lowest BCUT2D eigenvalue weighted by molar-refractivity contribution is -0.156. The monoisotopic (exact) mass is 207 g/mol. The molecular weight excluding hydrogens is 191 g/mol. The van der Waals surface area contributed by atoms with Crippen LogP contribution in [0, 0.1) is 5.92 Å². The van der Waals surface area contributed by atoms with Crippen LogP contribution >= 0.6 is 0 Å². The third-order valence-corrected chi connectivity index (χ3v) is 3.48. The normalized spacial score (nSPS) is 39.0. The molecule has 0 aliphatic carbocycles. The molecule has 2 rings (SSSR count). The van der Waals surface area contributed by atoms with Crippen LogP contribution in [0.1, 0.15) is 32.6 Å². The van der Waals surface area contributed by atoms with Gasteiger partial charge in [0.2, 0.25) is 0 Å². The first-order chi connectivity index (χ1) is 6.46. The Hall–Kier alpha value is -0.250. The number of hydrogen-bond donors (Lipinski definition) is 0. The summed E-state index contributed by atoms with van der Waals surface area (Å²) < 4.78 is 36.8. The van der Waals surface area contributed by atoms with E-state index in [0.717, 1.165) is 25.7 Å². The summed E-state index contributed by atoms with van der Waals surface area (Å²) in [5.41, 5.74) is 0. The third-order valence-electron chi connectivity index (χ3n) is 3.48. The highest BCUT2D eigenvalue weighted by molar-refractivity contribution is 4.94. The Kier molecular flexibility index (Phi) is 2.50. The van der Waals surface area contributed by atoms with Crippen molar-refractivity contribution in [1.82, 2.24) is 4.90 Å². The molecule has 2 unspecified atom stereocenters. The number of piperidine rings is 1. The first kappa shape index (κ1) is 10.3. The van der Waals surface area contributed by atoms with Crippen LogP contribution in [-0.2, 0) is 0 Å². The van der Waals surface area contributed by atoms with E-state index in [2.05, 4.69) is 6.92 Å². The minimum Gasteiger partial charge on any atom is -0.289 e. The summed E-state index contributed by atoms with van der Waals surface area (Å²) in [4.78, 5) is 1.68. The molecule has 2 fully saturated rings. The van der Waals surface area contributed by atoms with Gasteiger partial charge in [0.25, 0.3) is 0 Å². The Morgan fingerprint density at radius 2 is 1.64 bits per heavy atom. The Morgan fingerprint density at radius 1 is 1.14 bits per heavy atom. The van der Waals surface area contributed by atoms with Crippen LogP contribution in [-0.4, -0.2) is 29.7 Å². The minimum absolute atomic E-state index is 0.199. The second-order valence-electron chi connectivity index (χ2n) is 4.75. The minimum atomic E-state index is -4.03. The molecule has 0 N–H and O–H groups in total. The van der Waals surface area contributed by atoms with Gasteiger partial charge < -0.3 is 0 Å². The van der Waals surface area contributed by atoms with Crippen LogP contribution in [0.15, 0.2) is 0 Å². The lowest BCUT2D eigenvalue weighted by Crippen LogP contribution is -2.46. The van der Waals surface area contributed by atoms with Gasteiger partial charge in [0.15, 0.2) is 0 Å². The van der Waals surface area contributed by atoms with E-state index < -0.39 is 12.7 Å². The van der Waals surface area contributed by atoms with Crippen molar-refractivity contribution in [2.24, 2.45) is 5.92 Å². The summed E-state index contributed by atoms with van der Waals surface area (Å²) >= 11 is 0. The van der Waals surface area contributed by atoms with Gasteiger partial charge in [-0.3, -0.25) is 4.90 Å². The highest BCUT2D eigenvalue weighted by Gasteiger charge is 2.44. The number of alkyl halides is 3. The Morgan fingerprint density at radius 3 is 2.07 bits per heavy atom. The molecular formula is C10H16F3N.